The Morgan fingerprint density at radius 2 is 1.66 bits per heavy atom. The fraction of sp³-hybridized carbons (Fsp3) is 0.556. The van der Waals surface area contributed by atoms with E-state index in [0.717, 1.165) is 50.5 Å². The highest BCUT2D eigenvalue weighted by molar-refractivity contribution is 5.58. The van der Waals surface area contributed by atoms with E-state index in [9.17, 15) is 4.39 Å². The molecule has 2 aromatic rings. The molecule has 0 radical (unpaired) electrons. The molecule has 0 bridgehead atoms. The SMILES string of the molecule is COc1ccccc1N1CCN(CCC(c2ccccc2F)C(N)C2CCCCC2)CC1. The van der Waals surface area contributed by atoms with Gasteiger partial charge in [0.25, 0.3) is 0 Å². The maximum absolute atomic E-state index is 14.8. The van der Waals surface area contributed by atoms with Crippen molar-refractivity contribution in [3.05, 3.63) is 59.9 Å². The standard InChI is InChI=1S/C27H38FN3O/c1-32-26-14-8-7-13-25(26)31-19-17-30(18-20-31)16-15-23(22-11-5-6-12-24(22)28)27(29)21-9-3-2-4-10-21/h5-8,11-14,21,23,27H,2-4,9-10,15-20,29H2,1H3. The molecule has 2 unspecified atom stereocenters. The third-order valence-electron chi connectivity index (χ3n) is 7.52. The molecule has 32 heavy (non-hydrogen) atoms. The zero-order valence-electron chi connectivity index (χ0n) is 19.4. The molecule has 2 aliphatic rings. The molecule has 0 amide bonds. The molecule has 4 rings (SSSR count). The molecule has 0 spiro atoms. The Kier molecular flexibility index (Phi) is 8.04. The third-order valence-corrected chi connectivity index (χ3v) is 7.52. The number of methoxy groups -OCH3 is 1. The zero-order valence-corrected chi connectivity index (χ0v) is 19.4. The fourth-order valence-electron chi connectivity index (χ4n) is 5.60. The summed E-state index contributed by atoms with van der Waals surface area (Å²) in [5, 5.41) is 0. The highest BCUT2D eigenvalue weighted by Crippen LogP contribution is 2.35. The molecule has 0 aromatic heterocycles. The van der Waals surface area contributed by atoms with Crippen molar-refractivity contribution in [3.63, 3.8) is 0 Å². The first-order valence-electron chi connectivity index (χ1n) is 12.3. The zero-order chi connectivity index (χ0) is 22.3. The van der Waals surface area contributed by atoms with E-state index in [-0.39, 0.29) is 17.8 Å². The van der Waals surface area contributed by atoms with Gasteiger partial charge in [-0.2, -0.15) is 0 Å². The average Bonchev–Trinajstić information content (AvgIpc) is 2.86. The van der Waals surface area contributed by atoms with Gasteiger partial charge in [0.2, 0.25) is 0 Å². The smallest absolute Gasteiger partial charge is 0.142 e. The summed E-state index contributed by atoms with van der Waals surface area (Å²) in [5.74, 6) is 1.41. The van der Waals surface area contributed by atoms with Gasteiger partial charge in [-0.3, -0.25) is 4.90 Å². The van der Waals surface area contributed by atoms with Crippen LogP contribution in [-0.2, 0) is 0 Å². The number of benzene rings is 2. The number of ether oxygens (including phenoxy) is 1. The molecule has 174 valence electrons. The molecule has 2 aromatic carbocycles. The first-order chi connectivity index (χ1) is 15.7. The lowest BCUT2D eigenvalue weighted by molar-refractivity contribution is 0.221. The Labute approximate surface area is 192 Å². The molecule has 4 nitrogen and oxygen atoms in total. The Hall–Kier alpha value is -2.11. The highest BCUT2D eigenvalue weighted by atomic mass is 19.1. The lowest BCUT2D eigenvalue weighted by atomic mass is 9.75. The summed E-state index contributed by atoms with van der Waals surface area (Å²) in [6, 6.07) is 15.5. The van der Waals surface area contributed by atoms with Crippen molar-refractivity contribution >= 4 is 5.69 Å². The summed E-state index contributed by atoms with van der Waals surface area (Å²) in [6.45, 7) is 4.90. The van der Waals surface area contributed by atoms with Crippen LogP contribution in [0.3, 0.4) is 0 Å². The van der Waals surface area contributed by atoms with E-state index in [1.54, 1.807) is 19.2 Å². The maximum Gasteiger partial charge on any atom is 0.142 e. The molecule has 1 aliphatic heterocycles. The van der Waals surface area contributed by atoms with Gasteiger partial charge in [-0.05, 0) is 55.5 Å². The molecule has 1 saturated carbocycles. The van der Waals surface area contributed by atoms with Crippen LogP contribution < -0.4 is 15.4 Å². The molecule has 2 atom stereocenters. The minimum Gasteiger partial charge on any atom is -0.495 e. The number of piperazine rings is 1. The van der Waals surface area contributed by atoms with Crippen LogP contribution in [0.5, 0.6) is 5.75 Å². The van der Waals surface area contributed by atoms with Crippen LogP contribution in [0.4, 0.5) is 10.1 Å². The van der Waals surface area contributed by atoms with Gasteiger partial charge in [-0.1, -0.05) is 49.6 Å². The summed E-state index contributed by atoms with van der Waals surface area (Å²) in [6.07, 6.45) is 7.10. The van der Waals surface area contributed by atoms with E-state index in [4.69, 9.17) is 10.5 Å². The van der Waals surface area contributed by atoms with Crippen LogP contribution in [0.15, 0.2) is 48.5 Å². The predicted molar refractivity (Wildman–Crippen MR) is 130 cm³/mol. The summed E-state index contributed by atoms with van der Waals surface area (Å²) >= 11 is 0. The Balaban J connectivity index is 1.39. The number of rotatable bonds is 8. The fourth-order valence-corrected chi connectivity index (χ4v) is 5.60. The molecule has 2 N–H and O–H groups in total. The van der Waals surface area contributed by atoms with E-state index in [2.05, 4.69) is 21.9 Å². The molecule has 1 aliphatic carbocycles. The average molecular weight is 440 g/mol. The van der Waals surface area contributed by atoms with Crippen LogP contribution in [0.25, 0.3) is 0 Å². The van der Waals surface area contributed by atoms with E-state index in [1.165, 1.54) is 37.8 Å². The molecule has 5 heteroatoms. The normalized spacial score (nSPS) is 20.2. The number of hydrogen-bond acceptors (Lipinski definition) is 4. The van der Waals surface area contributed by atoms with Crippen molar-refractivity contribution in [2.45, 2.75) is 50.5 Å². The van der Waals surface area contributed by atoms with Crippen molar-refractivity contribution in [1.29, 1.82) is 0 Å². The van der Waals surface area contributed by atoms with Crippen molar-refractivity contribution in [3.8, 4) is 5.75 Å². The van der Waals surface area contributed by atoms with E-state index >= 15 is 0 Å². The number of halogens is 1. The summed E-state index contributed by atoms with van der Waals surface area (Å²) in [4.78, 5) is 4.91. The van der Waals surface area contributed by atoms with Crippen LogP contribution in [0.2, 0.25) is 0 Å². The van der Waals surface area contributed by atoms with Crippen LogP contribution in [-0.4, -0.2) is 50.8 Å². The number of anilines is 1. The van der Waals surface area contributed by atoms with Crippen LogP contribution in [0.1, 0.15) is 50.0 Å². The van der Waals surface area contributed by atoms with Gasteiger partial charge in [0.05, 0.1) is 12.8 Å². The lowest BCUT2D eigenvalue weighted by Crippen LogP contribution is -2.47. The number of hydrogen-bond donors (Lipinski definition) is 1. The van der Waals surface area contributed by atoms with Gasteiger partial charge in [-0.15, -0.1) is 0 Å². The summed E-state index contributed by atoms with van der Waals surface area (Å²) in [5.41, 5.74) is 8.80. The number of para-hydroxylation sites is 2. The van der Waals surface area contributed by atoms with Gasteiger partial charge in [0, 0.05) is 38.1 Å². The van der Waals surface area contributed by atoms with Crippen molar-refractivity contribution in [1.82, 2.24) is 4.90 Å². The van der Waals surface area contributed by atoms with Gasteiger partial charge in [-0.25, -0.2) is 4.39 Å². The molecule has 1 saturated heterocycles. The monoisotopic (exact) mass is 439 g/mol. The second-order valence-corrected chi connectivity index (χ2v) is 9.39. The minimum absolute atomic E-state index is 0.0297. The maximum atomic E-state index is 14.8. The molecule has 2 fully saturated rings. The van der Waals surface area contributed by atoms with E-state index < -0.39 is 0 Å². The van der Waals surface area contributed by atoms with E-state index in [0.29, 0.717) is 5.92 Å². The number of nitrogens with zero attached hydrogens (tertiary/aromatic N) is 2. The van der Waals surface area contributed by atoms with E-state index in [1.807, 2.05) is 24.3 Å². The highest BCUT2D eigenvalue weighted by Gasteiger charge is 2.31. The lowest BCUT2D eigenvalue weighted by Gasteiger charge is -2.38. The van der Waals surface area contributed by atoms with Crippen LogP contribution >= 0.6 is 0 Å². The van der Waals surface area contributed by atoms with Gasteiger partial charge in [0.15, 0.2) is 0 Å². The van der Waals surface area contributed by atoms with Gasteiger partial charge >= 0.3 is 0 Å². The van der Waals surface area contributed by atoms with Gasteiger partial charge < -0.3 is 15.4 Å². The second-order valence-electron chi connectivity index (χ2n) is 9.39. The first kappa shape index (κ1) is 23.1. The Morgan fingerprint density at radius 1 is 0.969 bits per heavy atom. The second kappa shape index (κ2) is 11.2. The minimum atomic E-state index is -0.107. The Bertz CT molecular complexity index is 846. The third kappa shape index (κ3) is 5.44. The van der Waals surface area contributed by atoms with Crippen molar-refractivity contribution in [2.24, 2.45) is 11.7 Å². The molecular weight excluding hydrogens is 401 g/mol. The van der Waals surface area contributed by atoms with Gasteiger partial charge in [0.1, 0.15) is 11.6 Å². The van der Waals surface area contributed by atoms with Crippen molar-refractivity contribution in [2.75, 3.05) is 44.7 Å². The predicted octanol–water partition coefficient (Wildman–Crippen LogP) is 5.04. The first-order valence-corrected chi connectivity index (χ1v) is 12.3. The summed E-state index contributed by atoms with van der Waals surface area (Å²) < 4.78 is 20.3. The number of nitrogens with two attached hydrogens (primary N) is 1. The van der Waals surface area contributed by atoms with Crippen molar-refractivity contribution < 1.29 is 9.13 Å². The Morgan fingerprint density at radius 3 is 2.38 bits per heavy atom. The van der Waals surface area contributed by atoms with Crippen LogP contribution in [0, 0.1) is 11.7 Å². The quantitative estimate of drug-likeness (QED) is 0.626. The molecule has 1 heterocycles. The topological polar surface area (TPSA) is 41.7 Å². The summed E-state index contributed by atoms with van der Waals surface area (Å²) in [7, 11) is 1.73. The molecular formula is C27H38FN3O. The largest absolute Gasteiger partial charge is 0.495 e.